The van der Waals surface area contributed by atoms with Crippen LogP contribution in [0.25, 0.3) is 34.2 Å². The molecule has 3 aliphatic heterocycles. The van der Waals surface area contributed by atoms with E-state index in [9.17, 15) is 128 Å². The Labute approximate surface area is 879 Å². The predicted molar refractivity (Wildman–Crippen MR) is 525 cm³/mol. The maximum absolute atomic E-state index is 14.4. The number of aromatic nitrogens is 6. The minimum atomic E-state index is -1.48. The smallest absolute Gasteiger partial charge is 0.320 e. The normalized spacial score (nSPS) is 15.3. The van der Waals surface area contributed by atoms with Crippen LogP contribution >= 0.6 is 0 Å². The van der Waals surface area contributed by atoms with E-state index < -0.39 is 158 Å². The Morgan fingerprint density at radius 1 is 0.401 bits per heavy atom. The van der Waals surface area contributed by atoms with Gasteiger partial charge in [0.1, 0.15) is 41.4 Å². The number of amides is 7. The molecule has 0 bridgehead atoms. The van der Waals surface area contributed by atoms with Crippen LogP contribution < -0.4 is 26.6 Å². The number of phenols is 4. The number of hydrogen-bond acceptors (Lipinski definition) is 32. The molecule has 0 saturated carbocycles. The standard InChI is InChI=1S/C99H137N19O28.Lu/c1-7-100-97(141)93-107-105-91(74-52-72(62(3)4)79(122)54-81(74)124)117(93)68-18-12-64(13-19-68)56-109-37-43-115(44-38-109)84(127)25-16-66(95(139)103-29-28-85(128)116-45-39-110(40-46-116)57-65-14-20-69(21-15-65)118-92(106-108-94(118)98(142)101-8-2)75-53-73(63(5)6)80(123)55-82(75)125)50-70(119)10-9-11-78(121)76(22-27-87(131)132)104-96(140)67(17-26-86(129)130)51-71(120)61-146-49-48-145-47-30-102-83(126)24-23-77(99(143)144)114-41-35-112(59-89(135)136)33-31-111(58-88(133)134)32-34-113(36-42-114)60-90(137)138;/h12-15,18-21,52-55,62-63,66-67,76-77,122-125H,7-11,16-17,22-51,56-61H2,1-6H3,(H,100,141)(H,101,142)(H,102,126)(H,103,139)(H,104,140)(H,129,130)(H,131,132)(H,133,134)(H,135,136)(H,137,138)(H,143,144);/t66-,67-,76+,77+;/m0./s1. The Hall–Kier alpha value is -12.6. The second-order valence-electron chi connectivity index (χ2n) is 37.1. The van der Waals surface area contributed by atoms with Crippen molar-refractivity contribution in [2.24, 2.45) is 11.8 Å². The van der Waals surface area contributed by atoms with Gasteiger partial charge in [0.15, 0.2) is 23.2 Å². The molecule has 5 heterocycles. The van der Waals surface area contributed by atoms with Gasteiger partial charge in [0.05, 0.1) is 56.6 Å². The molecule has 1 radical (unpaired) electrons. The van der Waals surface area contributed by atoms with E-state index in [1.807, 2.05) is 52.0 Å². The van der Waals surface area contributed by atoms with E-state index in [1.54, 1.807) is 64.9 Å². The molecule has 48 heteroatoms. The average Bonchev–Trinajstić information content (AvgIpc) is 1.64. The van der Waals surface area contributed by atoms with Gasteiger partial charge in [-0.1, -0.05) is 52.0 Å². The minimum Gasteiger partial charge on any atom is -0.508 e. The van der Waals surface area contributed by atoms with E-state index in [0.29, 0.717) is 101 Å². The van der Waals surface area contributed by atoms with E-state index >= 15 is 0 Å². The fraction of sp³-hybridized carbons (Fsp3) is 0.556. The van der Waals surface area contributed by atoms with Crippen molar-refractivity contribution in [2.45, 2.75) is 168 Å². The first-order valence-electron chi connectivity index (χ1n) is 49.3. The number of carboxylic acid groups (broad SMARTS) is 6. The van der Waals surface area contributed by atoms with Gasteiger partial charge >= 0.3 is 35.8 Å². The van der Waals surface area contributed by atoms with Gasteiger partial charge in [-0.2, -0.15) is 0 Å². The molecular weight excluding hydrogens is 2080 g/mol. The summed E-state index contributed by atoms with van der Waals surface area (Å²) in [6.07, 6.45) is -4.64. The van der Waals surface area contributed by atoms with Crippen LogP contribution in [0.1, 0.15) is 187 Å². The average molecular weight is 2220 g/mol. The summed E-state index contributed by atoms with van der Waals surface area (Å²) in [4.78, 5) is 223. The van der Waals surface area contributed by atoms with Crippen LogP contribution in [0, 0.1) is 48.7 Å². The Bertz CT molecular complexity index is 5480. The van der Waals surface area contributed by atoms with Gasteiger partial charge in [-0.15, -0.1) is 20.4 Å². The third kappa shape index (κ3) is 37.9. The Balaban J connectivity index is 0.0000264. The summed E-state index contributed by atoms with van der Waals surface area (Å²) in [5.74, 6) is -16.0. The quantitative estimate of drug-likeness (QED) is 0.0244. The zero-order valence-corrected chi connectivity index (χ0v) is 85.3. The van der Waals surface area contributed by atoms with Crippen molar-refractivity contribution >= 4 is 94.5 Å². The van der Waals surface area contributed by atoms with Crippen molar-refractivity contribution in [1.82, 2.24) is 95.3 Å². The first-order chi connectivity index (χ1) is 69.7. The first kappa shape index (κ1) is 120. The minimum absolute atomic E-state index is 0. The van der Waals surface area contributed by atoms with E-state index in [4.69, 9.17) is 9.47 Å². The number of benzene rings is 4. The van der Waals surface area contributed by atoms with Gasteiger partial charge in [-0.25, -0.2) is 0 Å². The largest absolute Gasteiger partial charge is 0.508 e. The third-order valence-corrected chi connectivity index (χ3v) is 25.6. The molecule has 0 aliphatic carbocycles. The molecule has 7 amide bonds. The zero-order chi connectivity index (χ0) is 106. The molecule has 6 aromatic rings. The number of ether oxygens (including phenoxy) is 2. The summed E-state index contributed by atoms with van der Waals surface area (Å²) in [6.45, 7) is 14.1. The van der Waals surface area contributed by atoms with Crippen LogP contribution in [0.15, 0.2) is 72.8 Å². The van der Waals surface area contributed by atoms with Crippen molar-refractivity contribution in [2.75, 3.05) is 177 Å². The number of carbonyl (C=O) groups is 16. The summed E-state index contributed by atoms with van der Waals surface area (Å²) in [5.41, 5.74) is 4.43. The van der Waals surface area contributed by atoms with Gasteiger partial charge in [0.2, 0.25) is 41.2 Å². The number of nitrogens with zero attached hydrogens (tertiary/aromatic N) is 14. The molecule has 0 unspecified atom stereocenters. The third-order valence-electron chi connectivity index (χ3n) is 25.6. The van der Waals surface area contributed by atoms with Gasteiger partial charge in [0, 0.05) is 274 Å². The fourth-order valence-corrected chi connectivity index (χ4v) is 17.6. The molecular formula is C99H137LuN19O28. The number of carboxylic acids is 6. The predicted octanol–water partition coefficient (Wildman–Crippen LogP) is 2.99. The zero-order valence-electron chi connectivity index (χ0n) is 83.6. The molecule has 47 nitrogen and oxygen atoms in total. The van der Waals surface area contributed by atoms with Crippen molar-refractivity contribution < 1.29 is 174 Å². The van der Waals surface area contributed by atoms with Gasteiger partial charge < -0.3 is 96.9 Å². The number of aromatic hydroxyl groups is 4. The van der Waals surface area contributed by atoms with Gasteiger partial charge in [0.25, 0.3) is 11.8 Å². The number of nitrogens with one attached hydrogen (secondary N) is 5. The van der Waals surface area contributed by atoms with Crippen LogP contribution in [0.2, 0.25) is 0 Å². The number of rotatable bonds is 57. The van der Waals surface area contributed by atoms with Crippen molar-refractivity contribution in [1.29, 1.82) is 0 Å². The molecule has 15 N–H and O–H groups in total. The molecule has 0 spiro atoms. The number of Topliss-reactive ketones (excluding diaryl/α,β-unsaturated/α-hetero) is 3. The number of carbonyl (C=O) groups excluding carboxylic acids is 10. The van der Waals surface area contributed by atoms with Crippen molar-refractivity contribution in [3.63, 3.8) is 0 Å². The van der Waals surface area contributed by atoms with Crippen LogP contribution in [0.5, 0.6) is 23.0 Å². The molecule has 4 atom stereocenters. The van der Waals surface area contributed by atoms with Crippen molar-refractivity contribution in [3.8, 4) is 57.1 Å². The number of ketones is 3. The van der Waals surface area contributed by atoms with Crippen LogP contribution in [0.4, 0.5) is 0 Å². The van der Waals surface area contributed by atoms with Gasteiger partial charge in [-0.05, 0) is 116 Å². The summed E-state index contributed by atoms with van der Waals surface area (Å²) in [7, 11) is 0. The Morgan fingerprint density at radius 2 is 0.823 bits per heavy atom. The summed E-state index contributed by atoms with van der Waals surface area (Å²) < 4.78 is 14.1. The fourth-order valence-electron chi connectivity index (χ4n) is 17.6. The number of aliphatic carboxylic acids is 6. The monoisotopic (exact) mass is 2210 g/mol. The molecule has 3 saturated heterocycles. The topological polar surface area (TPSA) is 641 Å². The van der Waals surface area contributed by atoms with Crippen LogP contribution in [-0.2, 0) is 89.7 Å². The molecule has 4 aromatic carbocycles. The molecule has 811 valence electrons. The molecule has 147 heavy (non-hydrogen) atoms. The van der Waals surface area contributed by atoms with Crippen LogP contribution in [-0.4, -0.2) is 403 Å². The van der Waals surface area contributed by atoms with E-state index in [2.05, 4.69) is 56.8 Å². The van der Waals surface area contributed by atoms with E-state index in [0.717, 1.165) is 11.1 Å². The number of hydrogen-bond donors (Lipinski definition) is 15. The second-order valence-corrected chi connectivity index (χ2v) is 37.1. The molecule has 9 rings (SSSR count). The van der Waals surface area contributed by atoms with Crippen molar-refractivity contribution in [3.05, 3.63) is 107 Å². The Kier molecular flexibility index (Phi) is 48.8. The van der Waals surface area contributed by atoms with E-state index in [1.165, 1.54) is 36.0 Å². The number of piperazine rings is 2. The number of phenolic OH excluding ortho intramolecular Hbond substituents is 4. The maximum Gasteiger partial charge on any atom is 0.320 e. The first-order valence-corrected chi connectivity index (χ1v) is 49.3. The summed E-state index contributed by atoms with van der Waals surface area (Å²) in [6, 6.07) is 17.6. The molecule has 3 aliphatic rings. The summed E-state index contributed by atoms with van der Waals surface area (Å²) in [5, 5.41) is 132. The second kappa shape index (κ2) is 60.0. The molecule has 2 aromatic heterocycles. The van der Waals surface area contributed by atoms with E-state index in [-0.39, 0.29) is 268 Å². The molecule has 3 fully saturated rings. The SMILES string of the molecule is CCNC(=O)c1nnc(-c2cc(C(C)C)c(O)cc2O)n1-c1ccc(CN2CCN(C(=O)CCNC(=O)[C@@H](CCC(=O)N3CCN(Cc4ccc(-n5c(C(=O)NCC)nnc5-c5cc(C(C)C)c(O)cc5O)cc4)CC3)CC(=O)CCCC(=O)[C@@H](CCC(=O)O)NC(=O)[C@@H](CCC(=O)O)CC(=O)COCCOCCNC(=O)CC[C@H](C(=O)O)N3CCN(CC(=O)O)CCN(CC(=O)O)CCN(CC(=O)O)CC3)CC2)cc1.[Lu]. The maximum atomic E-state index is 14.4. The van der Waals surface area contributed by atoms with Crippen LogP contribution in [0.3, 0.4) is 0 Å². The summed E-state index contributed by atoms with van der Waals surface area (Å²) >= 11 is 0. The van der Waals surface area contributed by atoms with Gasteiger partial charge in [-0.3, -0.25) is 115 Å². The Morgan fingerprint density at radius 3 is 1.27 bits per heavy atom.